The number of aliphatic hydroxyl groups excluding tert-OH is 2. The molecule has 0 aromatic rings. The fraction of sp³-hybridized carbons (Fsp3) is 0.781. The third-order valence-electron chi connectivity index (χ3n) is 9.66. The van der Waals surface area contributed by atoms with Crippen molar-refractivity contribution in [1.29, 1.82) is 0 Å². The van der Waals surface area contributed by atoms with Gasteiger partial charge in [0.25, 0.3) is 0 Å². The molecule has 6 atom stereocenters. The van der Waals surface area contributed by atoms with Crippen LogP contribution < -0.4 is 0 Å². The fourth-order valence-corrected chi connectivity index (χ4v) is 7.48. The molecule has 0 saturated heterocycles. The van der Waals surface area contributed by atoms with Crippen LogP contribution in [0.1, 0.15) is 112 Å². The predicted octanol–water partition coefficient (Wildman–Crippen LogP) is 5.81. The topological polar surface area (TPSA) is 98.0 Å². The molecule has 3 fully saturated rings. The van der Waals surface area contributed by atoms with E-state index in [0.717, 1.165) is 62.5 Å². The van der Waals surface area contributed by atoms with E-state index in [2.05, 4.69) is 25.7 Å². The lowest BCUT2D eigenvalue weighted by Gasteiger charge is -2.45. The van der Waals surface area contributed by atoms with Gasteiger partial charge in [-0.3, -0.25) is 4.79 Å². The van der Waals surface area contributed by atoms with Crippen LogP contribution in [0.4, 0.5) is 0 Å². The third-order valence-corrected chi connectivity index (χ3v) is 9.66. The van der Waals surface area contributed by atoms with Crippen molar-refractivity contribution in [3.63, 3.8) is 0 Å². The van der Waals surface area contributed by atoms with Gasteiger partial charge in [-0.05, 0) is 113 Å². The molecular formula is C32H52O5. The van der Waals surface area contributed by atoms with Gasteiger partial charge in [0, 0.05) is 12.8 Å². The van der Waals surface area contributed by atoms with Gasteiger partial charge >= 0.3 is 0 Å². The SMILES string of the molecule is C=C1C(=CC=C2CCC[C@]3(C)[C@@H]([C@@H](CCCC(C)(C)O)CCC(=O)C(C)(C)O)CC[C@@H]23)C[C@@H](O)C[C@@H]1O. The van der Waals surface area contributed by atoms with Gasteiger partial charge < -0.3 is 20.4 Å². The Hall–Kier alpha value is -1.27. The first kappa shape index (κ1) is 30.3. The number of hydrogen-bond donors (Lipinski definition) is 4. The number of carbonyl (C=O) groups excluding carboxylic acids is 1. The average molecular weight is 517 g/mol. The zero-order valence-electron chi connectivity index (χ0n) is 23.9. The largest absolute Gasteiger partial charge is 0.393 e. The van der Waals surface area contributed by atoms with E-state index in [1.165, 1.54) is 12.0 Å². The summed E-state index contributed by atoms with van der Waals surface area (Å²) in [5.74, 6) is 1.31. The summed E-state index contributed by atoms with van der Waals surface area (Å²) in [4.78, 5) is 12.6. The Morgan fingerprint density at radius 1 is 1.14 bits per heavy atom. The summed E-state index contributed by atoms with van der Waals surface area (Å²) < 4.78 is 0. The molecule has 0 spiro atoms. The van der Waals surface area contributed by atoms with Crippen LogP contribution in [0.5, 0.6) is 0 Å². The molecule has 3 rings (SSSR count). The van der Waals surface area contributed by atoms with Gasteiger partial charge in [-0.15, -0.1) is 0 Å². The van der Waals surface area contributed by atoms with E-state index in [-0.39, 0.29) is 11.2 Å². The number of Topliss-reactive ketones (excluding diaryl/α,β-unsaturated/α-hetero) is 1. The zero-order chi connectivity index (χ0) is 27.6. The minimum atomic E-state index is -1.29. The van der Waals surface area contributed by atoms with E-state index in [0.29, 0.717) is 37.0 Å². The Labute approximate surface area is 224 Å². The van der Waals surface area contributed by atoms with Gasteiger partial charge in [-0.25, -0.2) is 0 Å². The highest BCUT2D eigenvalue weighted by molar-refractivity contribution is 5.86. The molecule has 0 bridgehead atoms. The number of aliphatic hydroxyl groups is 4. The molecule has 5 nitrogen and oxygen atoms in total. The molecule has 0 aromatic carbocycles. The highest BCUT2D eigenvalue weighted by atomic mass is 16.3. The van der Waals surface area contributed by atoms with Crippen LogP contribution in [-0.4, -0.2) is 49.6 Å². The second-order valence-corrected chi connectivity index (χ2v) is 13.6. The molecule has 0 radical (unpaired) electrons. The number of allylic oxidation sites excluding steroid dienone is 3. The highest BCUT2D eigenvalue weighted by Crippen LogP contribution is 2.60. The van der Waals surface area contributed by atoms with Crippen molar-refractivity contribution < 1.29 is 25.2 Å². The van der Waals surface area contributed by atoms with Crippen LogP contribution in [0, 0.1) is 23.2 Å². The molecule has 0 aromatic heterocycles. The summed E-state index contributed by atoms with van der Waals surface area (Å²) in [6, 6.07) is 0. The van der Waals surface area contributed by atoms with Gasteiger partial charge in [-0.2, -0.15) is 0 Å². The predicted molar refractivity (Wildman–Crippen MR) is 149 cm³/mol. The van der Waals surface area contributed by atoms with Crippen molar-refractivity contribution in [2.45, 2.75) is 135 Å². The molecule has 3 aliphatic rings. The lowest BCUT2D eigenvalue weighted by molar-refractivity contribution is -0.134. The summed E-state index contributed by atoms with van der Waals surface area (Å²) in [6.07, 6.45) is 13.6. The first-order valence-corrected chi connectivity index (χ1v) is 14.5. The quantitative estimate of drug-likeness (QED) is 0.294. The summed E-state index contributed by atoms with van der Waals surface area (Å²) in [7, 11) is 0. The average Bonchev–Trinajstić information content (AvgIpc) is 3.13. The molecule has 37 heavy (non-hydrogen) atoms. The molecule has 0 aliphatic heterocycles. The Morgan fingerprint density at radius 2 is 1.84 bits per heavy atom. The normalized spacial score (nSPS) is 34.1. The van der Waals surface area contributed by atoms with Crippen molar-refractivity contribution in [3.05, 3.63) is 35.5 Å². The lowest BCUT2D eigenvalue weighted by Crippen LogP contribution is -2.37. The maximum Gasteiger partial charge on any atom is 0.163 e. The molecular weight excluding hydrogens is 464 g/mol. The van der Waals surface area contributed by atoms with Crippen LogP contribution in [0.25, 0.3) is 0 Å². The minimum Gasteiger partial charge on any atom is -0.393 e. The van der Waals surface area contributed by atoms with Gasteiger partial charge in [0.2, 0.25) is 0 Å². The van der Waals surface area contributed by atoms with E-state index < -0.39 is 23.4 Å². The van der Waals surface area contributed by atoms with Crippen molar-refractivity contribution in [2.75, 3.05) is 0 Å². The first-order chi connectivity index (χ1) is 17.1. The van der Waals surface area contributed by atoms with E-state index >= 15 is 0 Å². The Bertz CT molecular complexity index is 886. The molecule has 3 aliphatic carbocycles. The van der Waals surface area contributed by atoms with Crippen LogP contribution in [0.15, 0.2) is 35.5 Å². The number of hydrogen-bond acceptors (Lipinski definition) is 5. The standard InChI is InChI=1S/C32H52O5/c1-21-24(19-25(33)20-28(21)34)12-11-22-10-8-18-32(6)26(22)14-15-27(32)23(9-7-17-30(2,3)36)13-16-29(35)31(4,5)37/h11-12,23,25-28,33-34,36-37H,1,7-10,13-20H2,2-6H3/t23-,25+,26-,27+,28-,32-/m0/s1. The monoisotopic (exact) mass is 516 g/mol. The third kappa shape index (κ3) is 7.65. The molecule has 3 saturated carbocycles. The molecule has 0 unspecified atom stereocenters. The van der Waals surface area contributed by atoms with Crippen LogP contribution in [0.3, 0.4) is 0 Å². The summed E-state index contributed by atoms with van der Waals surface area (Å²) in [6.45, 7) is 13.4. The van der Waals surface area contributed by atoms with E-state index in [1.54, 1.807) is 13.8 Å². The van der Waals surface area contributed by atoms with E-state index in [1.807, 2.05) is 13.8 Å². The van der Waals surface area contributed by atoms with Crippen molar-refractivity contribution in [2.24, 2.45) is 23.2 Å². The summed E-state index contributed by atoms with van der Waals surface area (Å²) in [5.41, 5.74) is 1.34. The lowest BCUT2D eigenvalue weighted by atomic mass is 9.60. The summed E-state index contributed by atoms with van der Waals surface area (Å²) in [5, 5.41) is 40.8. The second kappa shape index (κ2) is 11.9. The minimum absolute atomic E-state index is 0.0902. The molecule has 0 amide bonds. The summed E-state index contributed by atoms with van der Waals surface area (Å²) >= 11 is 0. The number of rotatable bonds is 10. The number of fused-ring (bicyclic) bond motifs is 1. The second-order valence-electron chi connectivity index (χ2n) is 13.6. The Morgan fingerprint density at radius 3 is 2.49 bits per heavy atom. The van der Waals surface area contributed by atoms with Crippen molar-refractivity contribution >= 4 is 5.78 Å². The smallest absolute Gasteiger partial charge is 0.163 e. The number of ketones is 1. The maximum atomic E-state index is 12.6. The van der Waals surface area contributed by atoms with Gasteiger partial charge in [0.1, 0.15) is 5.60 Å². The number of carbonyl (C=O) groups is 1. The highest BCUT2D eigenvalue weighted by Gasteiger charge is 2.51. The van der Waals surface area contributed by atoms with Gasteiger partial charge in [-0.1, -0.05) is 44.1 Å². The van der Waals surface area contributed by atoms with Crippen molar-refractivity contribution in [3.8, 4) is 0 Å². The first-order valence-electron chi connectivity index (χ1n) is 14.5. The molecule has 0 heterocycles. The van der Waals surface area contributed by atoms with Gasteiger partial charge in [0.05, 0.1) is 17.8 Å². The Kier molecular flexibility index (Phi) is 9.70. The van der Waals surface area contributed by atoms with Crippen LogP contribution in [-0.2, 0) is 4.79 Å². The molecule has 5 heteroatoms. The van der Waals surface area contributed by atoms with E-state index in [9.17, 15) is 25.2 Å². The Balaban J connectivity index is 1.79. The molecule has 4 N–H and O–H groups in total. The van der Waals surface area contributed by atoms with Crippen LogP contribution in [0.2, 0.25) is 0 Å². The van der Waals surface area contributed by atoms with Crippen LogP contribution >= 0.6 is 0 Å². The van der Waals surface area contributed by atoms with Crippen molar-refractivity contribution in [1.82, 2.24) is 0 Å². The molecule has 210 valence electrons. The maximum absolute atomic E-state index is 12.6. The fourth-order valence-electron chi connectivity index (χ4n) is 7.48. The van der Waals surface area contributed by atoms with Gasteiger partial charge in [0.15, 0.2) is 5.78 Å². The van der Waals surface area contributed by atoms with E-state index in [4.69, 9.17) is 0 Å². The zero-order valence-corrected chi connectivity index (χ0v) is 23.9.